The van der Waals surface area contributed by atoms with E-state index in [1.54, 1.807) is 23.9 Å². The highest BCUT2D eigenvalue weighted by Gasteiger charge is 2.19. The van der Waals surface area contributed by atoms with E-state index in [0.29, 0.717) is 24.1 Å². The molecular formula is C23H28N6O3. The molecule has 0 aliphatic carbocycles. The fourth-order valence-corrected chi connectivity index (χ4v) is 3.38. The summed E-state index contributed by atoms with van der Waals surface area (Å²) in [5.74, 6) is 1.88. The fraction of sp³-hybridized carbons (Fsp3) is 0.348. The van der Waals surface area contributed by atoms with E-state index >= 15 is 0 Å². The van der Waals surface area contributed by atoms with E-state index in [-0.39, 0.29) is 12.5 Å². The molecule has 4 N–H and O–H groups in total. The van der Waals surface area contributed by atoms with E-state index in [0.717, 1.165) is 22.5 Å². The van der Waals surface area contributed by atoms with Gasteiger partial charge in [-0.1, -0.05) is 38.1 Å². The lowest BCUT2D eigenvalue weighted by Crippen LogP contribution is -2.35. The molecular weight excluding hydrogens is 408 g/mol. The molecule has 3 aromatic heterocycles. The van der Waals surface area contributed by atoms with Crippen molar-refractivity contribution >= 4 is 17.5 Å². The number of aliphatic hydroxyl groups is 2. The SMILES string of the molecule is CC(C)c1cnn2c(NCc3ccc(-c4ccco4)cc3)nc(NC(CO)C(C)O)nc12. The number of aliphatic hydroxyl groups excluding tert-OH is 2. The van der Waals surface area contributed by atoms with Gasteiger partial charge in [0.2, 0.25) is 11.9 Å². The van der Waals surface area contributed by atoms with Crippen LogP contribution >= 0.6 is 0 Å². The van der Waals surface area contributed by atoms with Crippen molar-refractivity contribution in [2.24, 2.45) is 0 Å². The van der Waals surface area contributed by atoms with E-state index in [2.05, 4.69) is 39.5 Å². The molecule has 2 unspecified atom stereocenters. The number of furan rings is 1. The summed E-state index contributed by atoms with van der Waals surface area (Å²) in [7, 11) is 0. The first kappa shape index (κ1) is 21.8. The van der Waals surface area contributed by atoms with Gasteiger partial charge in [-0.3, -0.25) is 0 Å². The second-order valence-corrected chi connectivity index (χ2v) is 8.06. The van der Waals surface area contributed by atoms with Crippen LogP contribution in [0, 0.1) is 0 Å². The van der Waals surface area contributed by atoms with E-state index < -0.39 is 12.1 Å². The van der Waals surface area contributed by atoms with E-state index in [4.69, 9.17) is 4.42 Å². The molecule has 0 saturated carbocycles. The fourth-order valence-electron chi connectivity index (χ4n) is 3.38. The number of rotatable bonds is 9. The number of nitrogens with one attached hydrogen (secondary N) is 2. The average Bonchev–Trinajstić information content (AvgIpc) is 3.46. The Hall–Kier alpha value is -3.43. The van der Waals surface area contributed by atoms with Crippen LogP contribution in [-0.4, -0.2) is 48.5 Å². The summed E-state index contributed by atoms with van der Waals surface area (Å²) in [5, 5.41) is 30.3. The number of aromatic nitrogens is 4. The van der Waals surface area contributed by atoms with Gasteiger partial charge in [0, 0.05) is 17.7 Å². The number of nitrogens with zero attached hydrogens (tertiary/aromatic N) is 4. The van der Waals surface area contributed by atoms with Gasteiger partial charge >= 0.3 is 0 Å². The molecule has 0 aliphatic heterocycles. The Balaban J connectivity index is 1.60. The van der Waals surface area contributed by atoms with Gasteiger partial charge in [-0.15, -0.1) is 0 Å². The van der Waals surface area contributed by atoms with Crippen LogP contribution in [-0.2, 0) is 6.54 Å². The summed E-state index contributed by atoms with van der Waals surface area (Å²) >= 11 is 0. The number of benzene rings is 1. The molecule has 0 radical (unpaired) electrons. The van der Waals surface area contributed by atoms with Gasteiger partial charge in [0.05, 0.1) is 31.2 Å². The minimum absolute atomic E-state index is 0.225. The number of fused-ring (bicyclic) bond motifs is 1. The van der Waals surface area contributed by atoms with Gasteiger partial charge in [0.15, 0.2) is 5.65 Å². The van der Waals surface area contributed by atoms with Crippen molar-refractivity contribution in [1.29, 1.82) is 0 Å². The molecule has 2 atom stereocenters. The van der Waals surface area contributed by atoms with Crippen LogP contribution < -0.4 is 10.6 Å². The molecule has 0 amide bonds. The summed E-state index contributed by atoms with van der Waals surface area (Å²) in [6, 6.07) is 11.3. The van der Waals surface area contributed by atoms with E-state index in [9.17, 15) is 10.2 Å². The monoisotopic (exact) mass is 436 g/mol. The lowest BCUT2D eigenvalue weighted by Gasteiger charge is -2.19. The molecule has 0 saturated heterocycles. The van der Waals surface area contributed by atoms with Gasteiger partial charge in [0.25, 0.3) is 0 Å². The summed E-state index contributed by atoms with van der Waals surface area (Å²) in [5.41, 5.74) is 3.74. The maximum absolute atomic E-state index is 9.88. The van der Waals surface area contributed by atoms with Crippen LogP contribution in [0.3, 0.4) is 0 Å². The summed E-state index contributed by atoms with van der Waals surface area (Å²) < 4.78 is 7.12. The third-order valence-corrected chi connectivity index (χ3v) is 5.32. The first-order chi connectivity index (χ1) is 15.5. The second kappa shape index (κ2) is 9.37. The van der Waals surface area contributed by atoms with E-state index in [1.807, 2.05) is 36.4 Å². The first-order valence-electron chi connectivity index (χ1n) is 10.6. The highest BCUT2D eigenvalue weighted by molar-refractivity contribution is 5.58. The van der Waals surface area contributed by atoms with Crippen LogP contribution in [0.2, 0.25) is 0 Å². The normalized spacial score (nSPS) is 13.4. The van der Waals surface area contributed by atoms with Crippen molar-refractivity contribution in [3.63, 3.8) is 0 Å². The molecule has 3 heterocycles. The third kappa shape index (κ3) is 4.58. The molecule has 0 bridgehead atoms. The maximum atomic E-state index is 9.88. The highest BCUT2D eigenvalue weighted by atomic mass is 16.3. The minimum Gasteiger partial charge on any atom is -0.464 e. The summed E-state index contributed by atoms with van der Waals surface area (Å²) in [4.78, 5) is 9.13. The smallest absolute Gasteiger partial charge is 0.229 e. The summed E-state index contributed by atoms with van der Waals surface area (Å²) in [6.07, 6.45) is 2.68. The highest BCUT2D eigenvalue weighted by Crippen LogP contribution is 2.23. The third-order valence-electron chi connectivity index (χ3n) is 5.32. The summed E-state index contributed by atoms with van der Waals surface area (Å²) in [6.45, 7) is 6.04. The standard InChI is InChI=1S/C23H28N6O3/c1-14(2)18-12-25-29-21(18)27-22(26-19(13-30)15(3)31)28-23(29)24-11-16-6-8-17(9-7-16)20-5-4-10-32-20/h4-10,12,14-15,19,30-31H,11,13H2,1-3H3,(H2,24,26,27,28). The zero-order valence-electron chi connectivity index (χ0n) is 18.4. The zero-order valence-corrected chi connectivity index (χ0v) is 18.4. The van der Waals surface area contributed by atoms with Gasteiger partial charge in [-0.25, -0.2) is 0 Å². The molecule has 1 aromatic carbocycles. The Morgan fingerprint density at radius 3 is 2.50 bits per heavy atom. The van der Waals surface area contributed by atoms with Crippen molar-refractivity contribution in [3.8, 4) is 11.3 Å². The van der Waals surface area contributed by atoms with Crippen molar-refractivity contribution in [3.05, 3.63) is 60.0 Å². The lowest BCUT2D eigenvalue weighted by atomic mass is 10.1. The van der Waals surface area contributed by atoms with Gasteiger partial charge in [-0.05, 0) is 30.5 Å². The Labute approximate surface area is 186 Å². The Morgan fingerprint density at radius 1 is 1.09 bits per heavy atom. The average molecular weight is 437 g/mol. The molecule has 0 fully saturated rings. The van der Waals surface area contributed by atoms with Crippen LogP contribution in [0.5, 0.6) is 0 Å². The van der Waals surface area contributed by atoms with Gasteiger partial charge in [-0.2, -0.15) is 19.6 Å². The number of hydrogen-bond acceptors (Lipinski definition) is 8. The molecule has 0 spiro atoms. The van der Waals surface area contributed by atoms with Crippen molar-refractivity contribution in [2.75, 3.05) is 17.2 Å². The molecule has 9 heteroatoms. The minimum atomic E-state index is -0.765. The molecule has 32 heavy (non-hydrogen) atoms. The Bertz CT molecular complexity index is 1150. The van der Waals surface area contributed by atoms with Crippen LogP contribution in [0.4, 0.5) is 11.9 Å². The topological polar surface area (TPSA) is 121 Å². The largest absolute Gasteiger partial charge is 0.464 e. The van der Waals surface area contributed by atoms with Crippen LogP contribution in [0.1, 0.15) is 37.8 Å². The Kier molecular flexibility index (Phi) is 6.38. The first-order valence-corrected chi connectivity index (χ1v) is 10.6. The van der Waals surface area contributed by atoms with Crippen molar-refractivity contribution in [1.82, 2.24) is 19.6 Å². The quantitative estimate of drug-likeness (QED) is 0.315. The molecule has 4 aromatic rings. The number of hydrogen-bond donors (Lipinski definition) is 4. The molecule has 0 aliphatic rings. The van der Waals surface area contributed by atoms with Crippen LogP contribution in [0.15, 0.2) is 53.3 Å². The number of anilines is 2. The molecule has 4 rings (SSSR count). The predicted octanol–water partition coefficient (Wildman–Crippen LogP) is 3.27. The van der Waals surface area contributed by atoms with Crippen LogP contribution in [0.25, 0.3) is 17.0 Å². The molecule has 168 valence electrons. The second-order valence-electron chi connectivity index (χ2n) is 8.06. The van der Waals surface area contributed by atoms with Crippen molar-refractivity contribution in [2.45, 2.75) is 45.4 Å². The van der Waals surface area contributed by atoms with Gasteiger partial charge in [0.1, 0.15) is 5.76 Å². The Morgan fingerprint density at radius 2 is 1.88 bits per heavy atom. The lowest BCUT2D eigenvalue weighted by molar-refractivity contribution is 0.132. The predicted molar refractivity (Wildman–Crippen MR) is 123 cm³/mol. The van der Waals surface area contributed by atoms with Gasteiger partial charge < -0.3 is 25.3 Å². The zero-order chi connectivity index (χ0) is 22.7. The maximum Gasteiger partial charge on any atom is 0.229 e. The van der Waals surface area contributed by atoms with Crippen molar-refractivity contribution < 1.29 is 14.6 Å². The molecule has 9 nitrogen and oxygen atoms in total. The van der Waals surface area contributed by atoms with E-state index in [1.165, 1.54) is 0 Å².